The molecule has 0 aromatic rings. The standard InChI is InChI=1S/C15H23NO3/c1-10(2)15(7-8-15)9-16-13(17)11-5-3-4-6-12(11)14(18)19/h3-4,10-12H,5-9H2,1-2H3,(H,16,17)(H,18,19). The van der Waals surface area contributed by atoms with Crippen LogP contribution in [0.1, 0.15) is 39.5 Å². The lowest BCUT2D eigenvalue weighted by Gasteiger charge is -2.26. The average molecular weight is 265 g/mol. The minimum absolute atomic E-state index is 0.0938. The van der Waals surface area contributed by atoms with Gasteiger partial charge in [0.05, 0.1) is 11.8 Å². The maximum absolute atomic E-state index is 12.2. The number of carbonyl (C=O) groups excluding carboxylic acids is 1. The van der Waals surface area contributed by atoms with Crippen LogP contribution in [0.2, 0.25) is 0 Å². The van der Waals surface area contributed by atoms with Crippen molar-refractivity contribution in [2.75, 3.05) is 6.54 Å². The van der Waals surface area contributed by atoms with Crippen LogP contribution in [0.3, 0.4) is 0 Å². The van der Waals surface area contributed by atoms with Crippen LogP contribution in [0.4, 0.5) is 0 Å². The van der Waals surface area contributed by atoms with Crippen molar-refractivity contribution in [3.8, 4) is 0 Å². The van der Waals surface area contributed by atoms with Crippen molar-refractivity contribution in [2.24, 2.45) is 23.2 Å². The highest BCUT2D eigenvalue weighted by Crippen LogP contribution is 2.51. The van der Waals surface area contributed by atoms with Gasteiger partial charge in [0.2, 0.25) is 5.91 Å². The Morgan fingerprint density at radius 1 is 1.26 bits per heavy atom. The predicted octanol–water partition coefficient (Wildman–Crippen LogP) is 2.21. The smallest absolute Gasteiger partial charge is 0.307 e. The van der Waals surface area contributed by atoms with Gasteiger partial charge in [0, 0.05) is 6.54 Å². The summed E-state index contributed by atoms with van der Waals surface area (Å²) >= 11 is 0. The SMILES string of the molecule is CC(C)C1(CNC(=O)C2CC=CCC2C(=O)O)CC1. The summed E-state index contributed by atoms with van der Waals surface area (Å²) in [6.07, 6.45) is 7.11. The molecule has 2 rings (SSSR count). The van der Waals surface area contributed by atoms with Gasteiger partial charge in [-0.15, -0.1) is 0 Å². The Labute approximate surface area is 114 Å². The van der Waals surface area contributed by atoms with Crippen molar-refractivity contribution >= 4 is 11.9 Å². The van der Waals surface area contributed by atoms with Gasteiger partial charge in [-0.2, -0.15) is 0 Å². The number of amides is 1. The molecule has 1 saturated carbocycles. The third kappa shape index (κ3) is 2.99. The molecular weight excluding hydrogens is 242 g/mol. The zero-order valence-electron chi connectivity index (χ0n) is 11.7. The van der Waals surface area contributed by atoms with Gasteiger partial charge in [0.1, 0.15) is 0 Å². The summed E-state index contributed by atoms with van der Waals surface area (Å²) in [6, 6.07) is 0. The van der Waals surface area contributed by atoms with Gasteiger partial charge in [-0.25, -0.2) is 0 Å². The zero-order valence-corrected chi connectivity index (χ0v) is 11.7. The van der Waals surface area contributed by atoms with Gasteiger partial charge < -0.3 is 10.4 Å². The summed E-state index contributed by atoms with van der Waals surface area (Å²) in [5.41, 5.74) is 0.263. The Kier molecular flexibility index (Phi) is 3.97. The number of carbonyl (C=O) groups is 2. The van der Waals surface area contributed by atoms with Crippen LogP contribution in [0.25, 0.3) is 0 Å². The molecule has 19 heavy (non-hydrogen) atoms. The molecule has 0 heterocycles. The number of hydrogen-bond acceptors (Lipinski definition) is 2. The first-order chi connectivity index (χ1) is 8.96. The lowest BCUT2D eigenvalue weighted by atomic mass is 9.82. The number of aliphatic carboxylic acids is 1. The van der Waals surface area contributed by atoms with Gasteiger partial charge in [-0.05, 0) is 37.0 Å². The summed E-state index contributed by atoms with van der Waals surface area (Å²) in [7, 11) is 0. The number of carboxylic acids is 1. The van der Waals surface area contributed by atoms with Crippen LogP contribution in [-0.2, 0) is 9.59 Å². The Morgan fingerprint density at radius 3 is 2.32 bits per heavy atom. The van der Waals surface area contributed by atoms with Gasteiger partial charge in [0.15, 0.2) is 0 Å². The number of rotatable bonds is 5. The Bertz CT molecular complexity index is 396. The lowest BCUT2D eigenvalue weighted by molar-refractivity contribution is -0.147. The normalized spacial score (nSPS) is 28.2. The van der Waals surface area contributed by atoms with Crippen molar-refractivity contribution in [3.05, 3.63) is 12.2 Å². The quantitative estimate of drug-likeness (QED) is 0.749. The Morgan fingerprint density at radius 2 is 1.84 bits per heavy atom. The van der Waals surface area contributed by atoms with Gasteiger partial charge in [-0.1, -0.05) is 26.0 Å². The molecule has 1 fully saturated rings. The van der Waals surface area contributed by atoms with E-state index in [4.69, 9.17) is 0 Å². The number of carboxylic acid groups (broad SMARTS) is 1. The van der Waals surface area contributed by atoms with Crippen molar-refractivity contribution < 1.29 is 14.7 Å². The Hall–Kier alpha value is -1.32. The maximum Gasteiger partial charge on any atom is 0.307 e. The molecule has 1 amide bonds. The molecule has 0 saturated heterocycles. The molecule has 2 unspecified atom stereocenters. The van der Waals surface area contributed by atoms with E-state index >= 15 is 0 Å². The summed E-state index contributed by atoms with van der Waals surface area (Å²) in [6.45, 7) is 5.06. The van der Waals surface area contributed by atoms with E-state index in [2.05, 4.69) is 19.2 Å². The van der Waals surface area contributed by atoms with E-state index in [1.54, 1.807) is 0 Å². The molecule has 2 atom stereocenters. The molecule has 2 aliphatic carbocycles. The average Bonchev–Trinajstić information content (AvgIpc) is 3.17. The van der Waals surface area contributed by atoms with E-state index in [1.165, 1.54) is 0 Å². The second kappa shape index (κ2) is 5.35. The lowest BCUT2D eigenvalue weighted by Crippen LogP contribution is -2.41. The first-order valence-electron chi connectivity index (χ1n) is 7.12. The largest absolute Gasteiger partial charge is 0.481 e. The second-order valence-electron chi connectivity index (χ2n) is 6.23. The highest BCUT2D eigenvalue weighted by atomic mass is 16.4. The molecule has 106 valence electrons. The zero-order chi connectivity index (χ0) is 14.0. The maximum atomic E-state index is 12.2. The van der Waals surface area contributed by atoms with E-state index in [1.807, 2.05) is 12.2 Å². The second-order valence-corrected chi connectivity index (χ2v) is 6.23. The van der Waals surface area contributed by atoms with Crippen molar-refractivity contribution in [2.45, 2.75) is 39.5 Å². The summed E-state index contributed by atoms with van der Waals surface area (Å²) in [5, 5.41) is 12.2. The first-order valence-corrected chi connectivity index (χ1v) is 7.12. The molecule has 0 aromatic carbocycles. The fraction of sp³-hybridized carbons (Fsp3) is 0.733. The molecule has 0 bridgehead atoms. The topological polar surface area (TPSA) is 66.4 Å². The van der Waals surface area contributed by atoms with Crippen molar-refractivity contribution in [3.63, 3.8) is 0 Å². The molecule has 4 heteroatoms. The fourth-order valence-electron chi connectivity index (χ4n) is 2.89. The fourth-order valence-corrected chi connectivity index (χ4v) is 2.89. The predicted molar refractivity (Wildman–Crippen MR) is 72.5 cm³/mol. The third-order valence-corrected chi connectivity index (χ3v) is 4.82. The molecule has 0 aromatic heterocycles. The molecule has 4 nitrogen and oxygen atoms in total. The molecule has 0 spiro atoms. The van der Waals surface area contributed by atoms with Crippen LogP contribution in [0, 0.1) is 23.2 Å². The van der Waals surface area contributed by atoms with Gasteiger partial charge >= 0.3 is 5.97 Å². The molecular formula is C15H23NO3. The van der Waals surface area contributed by atoms with Crippen LogP contribution in [0.5, 0.6) is 0 Å². The first kappa shape index (κ1) is 14.1. The summed E-state index contributed by atoms with van der Waals surface area (Å²) < 4.78 is 0. The van der Waals surface area contributed by atoms with E-state index in [-0.39, 0.29) is 11.3 Å². The molecule has 0 radical (unpaired) electrons. The minimum Gasteiger partial charge on any atom is -0.481 e. The van der Waals surface area contributed by atoms with Crippen LogP contribution < -0.4 is 5.32 Å². The van der Waals surface area contributed by atoms with Crippen LogP contribution in [0.15, 0.2) is 12.2 Å². The van der Waals surface area contributed by atoms with Gasteiger partial charge in [-0.3, -0.25) is 9.59 Å². The Balaban J connectivity index is 1.92. The van der Waals surface area contributed by atoms with Crippen LogP contribution in [-0.4, -0.2) is 23.5 Å². The van der Waals surface area contributed by atoms with E-state index in [0.717, 1.165) is 12.8 Å². The summed E-state index contributed by atoms with van der Waals surface area (Å²) in [4.78, 5) is 23.4. The minimum atomic E-state index is -0.866. The van der Waals surface area contributed by atoms with Gasteiger partial charge in [0.25, 0.3) is 0 Å². The number of hydrogen-bond donors (Lipinski definition) is 2. The van der Waals surface area contributed by atoms with E-state index in [0.29, 0.717) is 25.3 Å². The van der Waals surface area contributed by atoms with Crippen LogP contribution >= 0.6 is 0 Å². The summed E-state index contributed by atoms with van der Waals surface area (Å²) in [5.74, 6) is -1.38. The van der Waals surface area contributed by atoms with Crippen molar-refractivity contribution in [1.29, 1.82) is 0 Å². The molecule has 2 N–H and O–H groups in total. The number of nitrogens with one attached hydrogen (secondary N) is 1. The highest BCUT2D eigenvalue weighted by Gasteiger charge is 2.46. The third-order valence-electron chi connectivity index (χ3n) is 4.82. The van der Waals surface area contributed by atoms with E-state index in [9.17, 15) is 14.7 Å². The molecule has 0 aliphatic heterocycles. The van der Waals surface area contributed by atoms with E-state index < -0.39 is 17.8 Å². The highest BCUT2D eigenvalue weighted by molar-refractivity contribution is 5.85. The molecule has 2 aliphatic rings. The monoisotopic (exact) mass is 265 g/mol. The number of allylic oxidation sites excluding steroid dienone is 2. The van der Waals surface area contributed by atoms with Crippen molar-refractivity contribution in [1.82, 2.24) is 5.32 Å².